The third-order valence-corrected chi connectivity index (χ3v) is 2.10. The van der Waals surface area contributed by atoms with Gasteiger partial charge < -0.3 is 19.1 Å². The summed E-state index contributed by atoms with van der Waals surface area (Å²) < 4.78 is 14.3. The summed E-state index contributed by atoms with van der Waals surface area (Å²) in [5.41, 5.74) is 0.448. The normalized spacial score (nSPS) is 15.7. The zero-order valence-electron chi connectivity index (χ0n) is 12.4. The Kier molecular flexibility index (Phi) is 9.32. The molecule has 1 saturated heterocycles. The van der Waals surface area contributed by atoms with Crippen molar-refractivity contribution < 1.29 is 23.8 Å². The molecule has 1 atom stereocenters. The van der Waals surface area contributed by atoms with E-state index in [2.05, 4.69) is 17.9 Å². The molecule has 6 heteroatoms. The molecule has 114 valence electrons. The van der Waals surface area contributed by atoms with Crippen molar-refractivity contribution >= 4 is 11.9 Å². The lowest BCUT2D eigenvalue weighted by Gasteiger charge is -2.09. The lowest BCUT2D eigenvalue weighted by molar-refractivity contribution is -0.139. The minimum atomic E-state index is -0.384. The molecule has 0 saturated carbocycles. The van der Waals surface area contributed by atoms with Crippen molar-refractivity contribution in [3.8, 4) is 0 Å². The van der Waals surface area contributed by atoms with Crippen molar-refractivity contribution in [2.45, 2.75) is 13.0 Å². The summed E-state index contributed by atoms with van der Waals surface area (Å²) in [6.45, 7) is 10.6. The zero-order valence-corrected chi connectivity index (χ0v) is 12.4. The van der Waals surface area contributed by atoms with Gasteiger partial charge in [-0.05, 0) is 21.0 Å². The van der Waals surface area contributed by atoms with Gasteiger partial charge in [-0.25, -0.2) is 9.59 Å². The number of hydrogen-bond acceptors (Lipinski definition) is 6. The number of carbonyl (C=O) groups is 2. The number of hydrogen-bond donors (Lipinski definition) is 0. The van der Waals surface area contributed by atoms with Crippen molar-refractivity contribution in [2.75, 3.05) is 40.5 Å². The van der Waals surface area contributed by atoms with E-state index in [1.54, 1.807) is 6.92 Å². The van der Waals surface area contributed by atoms with Crippen LogP contribution in [-0.2, 0) is 23.8 Å². The molecule has 1 heterocycles. The van der Waals surface area contributed by atoms with E-state index >= 15 is 0 Å². The van der Waals surface area contributed by atoms with Crippen LogP contribution in [0.3, 0.4) is 0 Å². The highest BCUT2D eigenvalue weighted by molar-refractivity contribution is 5.86. The Morgan fingerprint density at radius 2 is 2.00 bits per heavy atom. The van der Waals surface area contributed by atoms with Gasteiger partial charge in [-0.1, -0.05) is 13.2 Å². The van der Waals surface area contributed by atoms with Crippen molar-refractivity contribution in [3.05, 3.63) is 24.8 Å². The van der Waals surface area contributed by atoms with Gasteiger partial charge in [-0.15, -0.1) is 0 Å². The predicted octanol–water partition coefficient (Wildman–Crippen LogP) is 0.782. The monoisotopic (exact) mass is 285 g/mol. The number of rotatable bonds is 7. The lowest BCUT2D eigenvalue weighted by atomic mass is 10.4. The second kappa shape index (κ2) is 10.2. The summed E-state index contributed by atoms with van der Waals surface area (Å²) in [4.78, 5) is 23.1. The molecule has 6 nitrogen and oxygen atoms in total. The fourth-order valence-corrected chi connectivity index (χ4v) is 0.842. The highest BCUT2D eigenvalue weighted by atomic mass is 16.6. The molecule has 0 aromatic rings. The molecule has 0 bridgehead atoms. The summed E-state index contributed by atoms with van der Waals surface area (Å²) in [6.07, 6.45) is 1.29. The minimum absolute atomic E-state index is 0.147. The molecule has 0 aliphatic carbocycles. The lowest BCUT2D eigenvalue weighted by Crippen LogP contribution is -2.20. The Balaban J connectivity index is 0.000000367. The topological polar surface area (TPSA) is 68.4 Å². The van der Waals surface area contributed by atoms with E-state index in [1.807, 2.05) is 19.0 Å². The Morgan fingerprint density at radius 3 is 2.40 bits per heavy atom. The first-order valence-electron chi connectivity index (χ1n) is 6.25. The first-order valence-corrected chi connectivity index (χ1v) is 6.25. The fraction of sp³-hybridized carbons (Fsp3) is 0.571. The summed E-state index contributed by atoms with van der Waals surface area (Å²) >= 11 is 0. The highest BCUT2D eigenvalue weighted by Gasteiger charge is 2.23. The van der Waals surface area contributed by atoms with E-state index in [4.69, 9.17) is 9.47 Å². The van der Waals surface area contributed by atoms with Crippen molar-refractivity contribution in [1.29, 1.82) is 0 Å². The number of likely N-dealkylation sites (N-methyl/N-ethyl adjacent to an activating group) is 1. The smallest absolute Gasteiger partial charge is 0.333 e. The summed E-state index contributed by atoms with van der Waals surface area (Å²) in [6, 6.07) is 0. The van der Waals surface area contributed by atoms with Crippen LogP contribution in [0.25, 0.3) is 0 Å². The first kappa shape index (κ1) is 18.3. The quantitative estimate of drug-likeness (QED) is 0.391. The number of esters is 2. The second-order valence-corrected chi connectivity index (χ2v) is 4.51. The Labute approximate surface area is 120 Å². The number of epoxide rings is 1. The molecule has 1 rings (SSSR count). The average molecular weight is 285 g/mol. The van der Waals surface area contributed by atoms with Gasteiger partial charge in [0.1, 0.15) is 19.3 Å². The maximum atomic E-state index is 10.8. The molecular weight excluding hydrogens is 262 g/mol. The molecule has 1 fully saturated rings. The van der Waals surface area contributed by atoms with Gasteiger partial charge >= 0.3 is 11.9 Å². The molecule has 1 unspecified atom stereocenters. The first-order chi connectivity index (χ1) is 9.36. The van der Waals surface area contributed by atoms with E-state index in [0.717, 1.165) is 12.6 Å². The van der Waals surface area contributed by atoms with E-state index in [9.17, 15) is 9.59 Å². The SMILES string of the molecule is C=C(C)C(=O)OCCN(C)C.C=CC(=O)OCC1CO1. The van der Waals surface area contributed by atoms with Gasteiger partial charge in [0.05, 0.1) is 6.61 Å². The van der Waals surface area contributed by atoms with E-state index in [0.29, 0.717) is 25.4 Å². The van der Waals surface area contributed by atoms with Crippen LogP contribution in [0.5, 0.6) is 0 Å². The molecule has 0 radical (unpaired) electrons. The van der Waals surface area contributed by atoms with E-state index in [-0.39, 0.29) is 18.0 Å². The van der Waals surface area contributed by atoms with E-state index in [1.165, 1.54) is 0 Å². The summed E-state index contributed by atoms with van der Waals surface area (Å²) in [5, 5.41) is 0. The van der Waals surface area contributed by atoms with Gasteiger partial charge in [0.25, 0.3) is 0 Å². The third-order valence-electron chi connectivity index (χ3n) is 2.10. The number of ether oxygens (including phenoxy) is 3. The summed E-state index contributed by atoms with van der Waals surface area (Å²) in [7, 11) is 3.85. The predicted molar refractivity (Wildman–Crippen MR) is 75.2 cm³/mol. The van der Waals surface area contributed by atoms with Crippen LogP contribution in [0.1, 0.15) is 6.92 Å². The molecule has 0 spiro atoms. The van der Waals surface area contributed by atoms with Crippen LogP contribution in [0.2, 0.25) is 0 Å². The van der Waals surface area contributed by atoms with Gasteiger partial charge in [0.2, 0.25) is 0 Å². The molecule has 20 heavy (non-hydrogen) atoms. The highest BCUT2D eigenvalue weighted by Crippen LogP contribution is 2.08. The second-order valence-electron chi connectivity index (χ2n) is 4.51. The Hall–Kier alpha value is -1.66. The number of carbonyl (C=O) groups excluding carboxylic acids is 2. The Morgan fingerprint density at radius 1 is 1.40 bits per heavy atom. The molecule has 0 aromatic heterocycles. The molecule has 0 aromatic carbocycles. The Bertz CT molecular complexity index is 347. The van der Waals surface area contributed by atoms with Crippen LogP contribution in [0, 0.1) is 0 Å². The zero-order chi connectivity index (χ0) is 15.5. The molecule has 0 amide bonds. The van der Waals surface area contributed by atoms with Crippen LogP contribution in [-0.4, -0.2) is 63.4 Å². The standard InChI is InChI=1S/C8H15NO2.C6H8O3/c1-7(2)8(10)11-6-5-9(3)4;1-2-6(7)9-4-5-3-8-5/h1,5-6H2,2-4H3;2,5H,1,3-4H2. The van der Waals surface area contributed by atoms with Crippen LogP contribution >= 0.6 is 0 Å². The molecular formula is C14H23NO5. The fourth-order valence-electron chi connectivity index (χ4n) is 0.842. The maximum absolute atomic E-state index is 10.8. The maximum Gasteiger partial charge on any atom is 0.333 e. The minimum Gasteiger partial charge on any atom is -0.461 e. The van der Waals surface area contributed by atoms with Gasteiger partial charge in [-0.3, -0.25) is 0 Å². The van der Waals surface area contributed by atoms with Crippen LogP contribution in [0.4, 0.5) is 0 Å². The van der Waals surface area contributed by atoms with Crippen LogP contribution in [0.15, 0.2) is 24.8 Å². The molecule has 1 aliphatic rings. The van der Waals surface area contributed by atoms with Crippen molar-refractivity contribution in [2.24, 2.45) is 0 Å². The van der Waals surface area contributed by atoms with Crippen molar-refractivity contribution in [3.63, 3.8) is 0 Å². The number of nitrogens with zero attached hydrogens (tertiary/aromatic N) is 1. The van der Waals surface area contributed by atoms with Crippen LogP contribution < -0.4 is 0 Å². The van der Waals surface area contributed by atoms with Gasteiger partial charge in [-0.2, -0.15) is 0 Å². The third kappa shape index (κ3) is 11.4. The molecule has 0 N–H and O–H groups in total. The largest absolute Gasteiger partial charge is 0.461 e. The average Bonchev–Trinajstić information content (AvgIpc) is 3.20. The van der Waals surface area contributed by atoms with E-state index < -0.39 is 0 Å². The molecule has 1 aliphatic heterocycles. The van der Waals surface area contributed by atoms with Crippen molar-refractivity contribution in [1.82, 2.24) is 4.90 Å². The van der Waals surface area contributed by atoms with Gasteiger partial charge in [0.15, 0.2) is 0 Å². The summed E-state index contributed by atoms with van der Waals surface area (Å²) in [5.74, 6) is -0.697. The van der Waals surface area contributed by atoms with Gasteiger partial charge in [0, 0.05) is 18.2 Å².